The average molecular weight is 181 g/mol. The maximum absolute atomic E-state index is 10.8. The highest BCUT2D eigenvalue weighted by Gasteiger charge is 2.15. The van der Waals surface area contributed by atoms with Gasteiger partial charge in [0, 0.05) is 5.69 Å². The van der Waals surface area contributed by atoms with Gasteiger partial charge in [-0.1, -0.05) is 0 Å². The number of hydrogen-bond acceptors (Lipinski definition) is 3. The maximum atomic E-state index is 10.8. The van der Waals surface area contributed by atoms with Crippen LogP contribution in [-0.2, 0) is 0 Å². The van der Waals surface area contributed by atoms with E-state index in [1.54, 1.807) is 19.9 Å². The molecule has 1 aromatic rings. The minimum Gasteiger partial charge on any atom is -0.480 e. The lowest BCUT2D eigenvalue weighted by atomic mass is 10.1. The van der Waals surface area contributed by atoms with Crippen LogP contribution >= 0.6 is 0 Å². The molecule has 0 radical (unpaired) electrons. The van der Waals surface area contributed by atoms with Crippen molar-refractivity contribution in [2.75, 3.05) is 7.11 Å². The minimum atomic E-state index is -1.01. The van der Waals surface area contributed by atoms with E-state index >= 15 is 0 Å². The number of pyridine rings is 1. The van der Waals surface area contributed by atoms with Gasteiger partial charge in [0.15, 0.2) is 0 Å². The summed E-state index contributed by atoms with van der Waals surface area (Å²) in [5, 5.41) is 8.85. The van der Waals surface area contributed by atoms with Gasteiger partial charge in [-0.15, -0.1) is 0 Å². The number of carboxylic acid groups (broad SMARTS) is 1. The Bertz CT molecular complexity index is 347. The predicted octanol–water partition coefficient (Wildman–Crippen LogP) is 1.41. The molecule has 0 unspecified atom stereocenters. The Hall–Kier alpha value is -1.58. The zero-order valence-electron chi connectivity index (χ0n) is 7.79. The zero-order chi connectivity index (χ0) is 10.0. The lowest BCUT2D eigenvalue weighted by Gasteiger charge is -2.07. The monoisotopic (exact) mass is 181 g/mol. The number of ether oxygens (including phenoxy) is 1. The molecular formula is C9H11NO3. The number of nitrogens with zero attached hydrogens (tertiary/aromatic N) is 1. The number of methoxy groups -OCH3 is 1. The van der Waals surface area contributed by atoms with E-state index in [9.17, 15) is 4.79 Å². The highest BCUT2D eigenvalue weighted by molar-refractivity contribution is 5.91. The van der Waals surface area contributed by atoms with E-state index in [4.69, 9.17) is 9.84 Å². The van der Waals surface area contributed by atoms with Crippen LogP contribution in [0.25, 0.3) is 0 Å². The summed E-state index contributed by atoms with van der Waals surface area (Å²) in [4.78, 5) is 14.8. The third kappa shape index (κ3) is 1.77. The number of carboxylic acids is 1. The summed E-state index contributed by atoms with van der Waals surface area (Å²) in [7, 11) is 1.41. The molecule has 0 aliphatic heterocycles. The van der Waals surface area contributed by atoms with Crippen LogP contribution in [0.5, 0.6) is 5.88 Å². The SMILES string of the molecule is COc1nc(C)cc(C)c1C(=O)O. The Morgan fingerprint density at radius 2 is 2.15 bits per heavy atom. The fraction of sp³-hybridized carbons (Fsp3) is 0.333. The molecule has 0 aliphatic carbocycles. The third-order valence-electron chi connectivity index (χ3n) is 1.72. The van der Waals surface area contributed by atoms with E-state index in [0.29, 0.717) is 5.56 Å². The van der Waals surface area contributed by atoms with E-state index in [1.165, 1.54) is 7.11 Å². The number of hydrogen-bond donors (Lipinski definition) is 1. The van der Waals surface area contributed by atoms with E-state index in [1.807, 2.05) is 0 Å². The molecule has 4 nitrogen and oxygen atoms in total. The number of carbonyl (C=O) groups is 1. The summed E-state index contributed by atoms with van der Waals surface area (Å²) in [6.45, 7) is 3.52. The van der Waals surface area contributed by atoms with Gasteiger partial charge in [-0.25, -0.2) is 9.78 Å². The molecule has 1 rings (SSSR count). The predicted molar refractivity (Wildman–Crippen MR) is 47.2 cm³/mol. The minimum absolute atomic E-state index is 0.133. The summed E-state index contributed by atoms with van der Waals surface area (Å²) >= 11 is 0. The van der Waals surface area contributed by atoms with Crippen LogP contribution in [-0.4, -0.2) is 23.2 Å². The van der Waals surface area contributed by atoms with Gasteiger partial charge in [0.2, 0.25) is 5.88 Å². The van der Waals surface area contributed by atoms with Crippen molar-refractivity contribution in [1.82, 2.24) is 4.98 Å². The van der Waals surface area contributed by atoms with E-state index in [0.717, 1.165) is 5.69 Å². The van der Waals surface area contributed by atoms with Crippen molar-refractivity contribution in [2.24, 2.45) is 0 Å². The van der Waals surface area contributed by atoms with Gasteiger partial charge < -0.3 is 9.84 Å². The Kier molecular flexibility index (Phi) is 2.51. The lowest BCUT2D eigenvalue weighted by molar-refractivity contribution is 0.0691. The normalized spacial score (nSPS) is 9.77. The van der Waals surface area contributed by atoms with Crippen molar-refractivity contribution in [2.45, 2.75) is 13.8 Å². The summed E-state index contributed by atoms with van der Waals surface area (Å²) < 4.78 is 4.88. The van der Waals surface area contributed by atoms with Gasteiger partial charge in [0.05, 0.1) is 7.11 Å². The summed E-state index contributed by atoms with van der Waals surface area (Å²) in [5.41, 5.74) is 1.55. The quantitative estimate of drug-likeness (QED) is 0.749. The molecule has 0 amide bonds. The highest BCUT2D eigenvalue weighted by Crippen LogP contribution is 2.20. The number of aryl methyl sites for hydroxylation is 2. The summed E-state index contributed by atoms with van der Waals surface area (Å²) in [5.74, 6) is -0.841. The number of aromatic carboxylic acids is 1. The van der Waals surface area contributed by atoms with E-state index < -0.39 is 5.97 Å². The van der Waals surface area contributed by atoms with Crippen molar-refractivity contribution in [1.29, 1.82) is 0 Å². The Balaban J connectivity index is 3.38. The Labute approximate surface area is 76.2 Å². The van der Waals surface area contributed by atoms with Gasteiger partial charge in [0.25, 0.3) is 0 Å². The molecule has 4 heteroatoms. The maximum Gasteiger partial charge on any atom is 0.341 e. The first-order valence-electron chi connectivity index (χ1n) is 3.81. The smallest absolute Gasteiger partial charge is 0.341 e. The van der Waals surface area contributed by atoms with Gasteiger partial charge in [0.1, 0.15) is 5.56 Å². The second kappa shape index (κ2) is 3.43. The third-order valence-corrected chi connectivity index (χ3v) is 1.72. The second-order valence-electron chi connectivity index (χ2n) is 2.77. The molecule has 70 valence electrons. The van der Waals surface area contributed by atoms with Crippen LogP contribution in [0.1, 0.15) is 21.6 Å². The lowest BCUT2D eigenvalue weighted by Crippen LogP contribution is -2.06. The fourth-order valence-electron chi connectivity index (χ4n) is 1.21. The summed E-state index contributed by atoms with van der Waals surface area (Å²) in [6.07, 6.45) is 0. The van der Waals surface area contributed by atoms with Crippen LogP contribution in [0.4, 0.5) is 0 Å². The van der Waals surface area contributed by atoms with Crippen molar-refractivity contribution in [3.63, 3.8) is 0 Å². The fourth-order valence-corrected chi connectivity index (χ4v) is 1.21. The molecule has 13 heavy (non-hydrogen) atoms. The van der Waals surface area contributed by atoms with Gasteiger partial charge >= 0.3 is 5.97 Å². The summed E-state index contributed by atoms with van der Waals surface area (Å²) in [6, 6.07) is 1.71. The molecule has 1 N–H and O–H groups in total. The number of aromatic nitrogens is 1. The topological polar surface area (TPSA) is 59.4 Å². The molecule has 0 bridgehead atoms. The van der Waals surface area contributed by atoms with E-state index in [2.05, 4.69) is 4.98 Å². The molecule has 1 aromatic heterocycles. The highest BCUT2D eigenvalue weighted by atomic mass is 16.5. The van der Waals surface area contributed by atoms with Crippen LogP contribution in [0, 0.1) is 13.8 Å². The van der Waals surface area contributed by atoms with Gasteiger partial charge in [-0.05, 0) is 25.5 Å². The Morgan fingerprint density at radius 3 is 2.62 bits per heavy atom. The molecule has 0 fully saturated rings. The number of rotatable bonds is 2. The average Bonchev–Trinajstić information content (AvgIpc) is 2.01. The second-order valence-corrected chi connectivity index (χ2v) is 2.77. The molecule has 0 aromatic carbocycles. The molecule has 1 heterocycles. The van der Waals surface area contributed by atoms with Crippen LogP contribution < -0.4 is 4.74 Å². The van der Waals surface area contributed by atoms with E-state index in [-0.39, 0.29) is 11.4 Å². The Morgan fingerprint density at radius 1 is 1.54 bits per heavy atom. The van der Waals surface area contributed by atoms with Crippen LogP contribution in [0.2, 0.25) is 0 Å². The largest absolute Gasteiger partial charge is 0.480 e. The standard InChI is InChI=1S/C9H11NO3/c1-5-4-6(2)10-8(13-3)7(5)9(11)12/h4H,1-3H3,(H,11,12). The van der Waals surface area contributed by atoms with Crippen LogP contribution in [0.3, 0.4) is 0 Å². The first kappa shape index (κ1) is 9.51. The van der Waals surface area contributed by atoms with Gasteiger partial charge in [-0.2, -0.15) is 0 Å². The van der Waals surface area contributed by atoms with Crippen molar-refractivity contribution in [3.8, 4) is 5.88 Å². The zero-order valence-corrected chi connectivity index (χ0v) is 7.79. The molecule has 0 spiro atoms. The van der Waals surface area contributed by atoms with Crippen molar-refractivity contribution >= 4 is 5.97 Å². The molecule has 0 aliphatic rings. The van der Waals surface area contributed by atoms with Crippen LogP contribution in [0.15, 0.2) is 6.07 Å². The first-order valence-corrected chi connectivity index (χ1v) is 3.81. The molecule has 0 atom stereocenters. The first-order chi connectivity index (χ1) is 6.06. The molecular weight excluding hydrogens is 170 g/mol. The molecule has 0 saturated carbocycles. The van der Waals surface area contributed by atoms with Crippen molar-refractivity contribution in [3.05, 3.63) is 22.9 Å². The van der Waals surface area contributed by atoms with Crippen molar-refractivity contribution < 1.29 is 14.6 Å². The molecule has 0 saturated heterocycles. The van der Waals surface area contributed by atoms with Gasteiger partial charge in [-0.3, -0.25) is 0 Å².